The molecule has 0 fully saturated rings. The summed E-state index contributed by atoms with van der Waals surface area (Å²) in [5.41, 5.74) is 4.33. The Morgan fingerprint density at radius 2 is 1.43 bits per heavy atom. The van der Waals surface area contributed by atoms with Gasteiger partial charge >= 0.3 is 0 Å². The van der Waals surface area contributed by atoms with Crippen molar-refractivity contribution in [3.05, 3.63) is 69.7 Å². The van der Waals surface area contributed by atoms with Crippen LogP contribution in [0.15, 0.2) is 42.5 Å². The minimum atomic E-state index is -0.296. The van der Waals surface area contributed by atoms with E-state index < -0.39 is 0 Å². The highest BCUT2D eigenvalue weighted by molar-refractivity contribution is 6.31. The van der Waals surface area contributed by atoms with Crippen molar-refractivity contribution in [3.63, 3.8) is 0 Å². The summed E-state index contributed by atoms with van der Waals surface area (Å²) in [5.74, 6) is 0.924. The van der Waals surface area contributed by atoms with Crippen LogP contribution in [0, 0.1) is 13.8 Å². The summed E-state index contributed by atoms with van der Waals surface area (Å²) in [6.07, 6.45) is 0.738. The van der Waals surface area contributed by atoms with Crippen molar-refractivity contribution in [1.29, 1.82) is 0 Å². The highest BCUT2D eigenvalue weighted by atomic mass is 35.5. The zero-order valence-corrected chi connectivity index (χ0v) is 14.6. The predicted molar refractivity (Wildman–Crippen MR) is 94.2 cm³/mol. The van der Waals surface area contributed by atoms with E-state index in [1.807, 2.05) is 13.0 Å². The van der Waals surface area contributed by atoms with Crippen LogP contribution in [0.2, 0.25) is 5.02 Å². The first-order valence-electron chi connectivity index (χ1n) is 6.95. The fourth-order valence-electron chi connectivity index (χ4n) is 2.45. The third-order valence-corrected chi connectivity index (χ3v) is 5.29. The molecular formula is C18H19Cl3. The molecular weight excluding hydrogens is 323 g/mol. The van der Waals surface area contributed by atoms with E-state index in [1.54, 1.807) is 0 Å². The lowest BCUT2D eigenvalue weighted by Gasteiger charge is -2.31. The Morgan fingerprint density at radius 1 is 0.857 bits per heavy atom. The van der Waals surface area contributed by atoms with Crippen molar-refractivity contribution in [3.8, 4) is 0 Å². The summed E-state index contributed by atoms with van der Waals surface area (Å²) in [7, 11) is 0. The van der Waals surface area contributed by atoms with Gasteiger partial charge in [-0.15, -0.1) is 23.2 Å². The molecule has 2 aromatic rings. The Balaban J connectivity index is 2.40. The second kappa shape index (κ2) is 7.05. The maximum Gasteiger partial charge on any atom is 0.0440 e. The molecule has 0 aliphatic heterocycles. The Bertz CT molecular complexity index is 598. The molecule has 0 nitrogen and oxygen atoms in total. The molecule has 0 amide bonds. The second-order valence-electron chi connectivity index (χ2n) is 5.69. The molecule has 112 valence electrons. The Labute approximate surface area is 142 Å². The first kappa shape index (κ1) is 16.7. The summed E-state index contributed by atoms with van der Waals surface area (Å²) in [5, 5.41) is 0.779. The van der Waals surface area contributed by atoms with Crippen LogP contribution in [-0.4, -0.2) is 11.8 Å². The lowest BCUT2D eigenvalue weighted by Crippen LogP contribution is -2.33. The van der Waals surface area contributed by atoms with Crippen molar-refractivity contribution in [2.75, 3.05) is 11.8 Å². The molecule has 0 aromatic heterocycles. The molecule has 0 bridgehead atoms. The van der Waals surface area contributed by atoms with Gasteiger partial charge in [-0.2, -0.15) is 0 Å². The normalized spacial score (nSPS) is 11.7. The topological polar surface area (TPSA) is 0 Å². The molecule has 2 aromatic carbocycles. The summed E-state index contributed by atoms with van der Waals surface area (Å²) in [6, 6.07) is 14.5. The van der Waals surface area contributed by atoms with Crippen molar-refractivity contribution in [1.82, 2.24) is 0 Å². The molecule has 0 unspecified atom stereocenters. The Hall–Kier alpha value is -0.690. The molecule has 2 rings (SSSR count). The molecule has 0 saturated heterocycles. The SMILES string of the molecule is Cc1ccc(C(CCl)(CCl)Cc2ccc(C)cc2Cl)cc1. The van der Waals surface area contributed by atoms with E-state index in [0.29, 0.717) is 11.8 Å². The lowest BCUT2D eigenvalue weighted by molar-refractivity contribution is 0.536. The summed E-state index contributed by atoms with van der Waals surface area (Å²) in [6.45, 7) is 4.11. The largest absolute Gasteiger partial charge is 0.126 e. The molecule has 21 heavy (non-hydrogen) atoms. The fourth-order valence-corrected chi connectivity index (χ4v) is 3.54. The number of halogens is 3. The fraction of sp³-hybridized carbons (Fsp3) is 0.333. The van der Waals surface area contributed by atoms with Crippen molar-refractivity contribution >= 4 is 34.8 Å². The summed E-state index contributed by atoms with van der Waals surface area (Å²) in [4.78, 5) is 0. The Morgan fingerprint density at radius 3 is 1.95 bits per heavy atom. The first-order valence-corrected chi connectivity index (χ1v) is 8.39. The number of rotatable bonds is 5. The molecule has 0 aliphatic rings. The quantitative estimate of drug-likeness (QED) is 0.593. The van der Waals surface area contributed by atoms with Crippen LogP contribution in [0.5, 0.6) is 0 Å². The van der Waals surface area contributed by atoms with Gasteiger partial charge in [0.15, 0.2) is 0 Å². The minimum Gasteiger partial charge on any atom is -0.126 e. The van der Waals surface area contributed by atoms with E-state index in [4.69, 9.17) is 34.8 Å². The highest BCUT2D eigenvalue weighted by Gasteiger charge is 2.31. The van der Waals surface area contributed by atoms with Gasteiger partial charge < -0.3 is 0 Å². The number of benzene rings is 2. The van der Waals surface area contributed by atoms with E-state index in [0.717, 1.165) is 28.1 Å². The van der Waals surface area contributed by atoms with Gasteiger partial charge in [-0.1, -0.05) is 53.6 Å². The molecule has 0 saturated carbocycles. The molecule has 0 spiro atoms. The van der Waals surface area contributed by atoms with Crippen LogP contribution >= 0.6 is 34.8 Å². The predicted octanol–water partition coefficient (Wildman–Crippen LogP) is 5.91. The average Bonchev–Trinajstić information content (AvgIpc) is 2.48. The molecule has 0 N–H and O–H groups in total. The Kier molecular flexibility index (Phi) is 5.60. The van der Waals surface area contributed by atoms with E-state index in [2.05, 4.69) is 43.3 Å². The van der Waals surface area contributed by atoms with Crippen LogP contribution in [0.3, 0.4) is 0 Å². The van der Waals surface area contributed by atoms with Crippen LogP contribution < -0.4 is 0 Å². The average molecular weight is 342 g/mol. The number of aryl methyl sites for hydroxylation is 2. The van der Waals surface area contributed by atoms with Gasteiger partial charge in [-0.25, -0.2) is 0 Å². The van der Waals surface area contributed by atoms with Crippen LogP contribution in [0.4, 0.5) is 0 Å². The van der Waals surface area contributed by atoms with Gasteiger partial charge in [0.2, 0.25) is 0 Å². The summed E-state index contributed by atoms with van der Waals surface area (Å²) >= 11 is 19.0. The lowest BCUT2D eigenvalue weighted by atomic mass is 9.78. The molecule has 0 atom stereocenters. The van der Waals surface area contributed by atoms with Gasteiger partial charge in [0, 0.05) is 22.2 Å². The van der Waals surface area contributed by atoms with E-state index >= 15 is 0 Å². The van der Waals surface area contributed by atoms with E-state index in [9.17, 15) is 0 Å². The van der Waals surface area contributed by atoms with Gasteiger partial charge in [-0.05, 0) is 43.0 Å². The van der Waals surface area contributed by atoms with Crippen molar-refractivity contribution in [2.45, 2.75) is 25.7 Å². The molecule has 3 heteroatoms. The van der Waals surface area contributed by atoms with Gasteiger partial charge in [0.25, 0.3) is 0 Å². The molecule has 0 heterocycles. The highest BCUT2D eigenvalue weighted by Crippen LogP contribution is 2.34. The number of hydrogen-bond donors (Lipinski definition) is 0. The second-order valence-corrected chi connectivity index (χ2v) is 6.63. The van der Waals surface area contributed by atoms with E-state index in [1.165, 1.54) is 5.56 Å². The van der Waals surface area contributed by atoms with E-state index in [-0.39, 0.29) is 5.41 Å². The maximum atomic E-state index is 6.38. The van der Waals surface area contributed by atoms with Crippen molar-refractivity contribution in [2.24, 2.45) is 0 Å². The van der Waals surface area contributed by atoms with Crippen molar-refractivity contribution < 1.29 is 0 Å². The summed E-state index contributed by atoms with van der Waals surface area (Å²) < 4.78 is 0. The maximum absolute atomic E-state index is 6.38. The van der Waals surface area contributed by atoms with Crippen LogP contribution in [0.25, 0.3) is 0 Å². The standard InChI is InChI=1S/C18H19Cl3/c1-13-4-7-16(8-5-13)18(11-19,12-20)10-15-6-3-14(2)9-17(15)21/h3-9H,10-12H2,1-2H3. The van der Waals surface area contributed by atoms with Crippen LogP contribution in [-0.2, 0) is 11.8 Å². The smallest absolute Gasteiger partial charge is 0.0440 e. The van der Waals surface area contributed by atoms with Gasteiger partial charge in [0.05, 0.1) is 0 Å². The minimum absolute atomic E-state index is 0.296. The third kappa shape index (κ3) is 3.74. The zero-order valence-electron chi connectivity index (χ0n) is 12.3. The first-order chi connectivity index (χ1) is 10.0. The third-order valence-electron chi connectivity index (χ3n) is 3.91. The van der Waals surface area contributed by atoms with Gasteiger partial charge in [0.1, 0.15) is 0 Å². The molecule has 0 aliphatic carbocycles. The van der Waals surface area contributed by atoms with Gasteiger partial charge in [-0.3, -0.25) is 0 Å². The molecule has 0 radical (unpaired) electrons. The van der Waals surface area contributed by atoms with Crippen LogP contribution in [0.1, 0.15) is 22.3 Å². The monoisotopic (exact) mass is 340 g/mol. The number of alkyl halides is 2. The zero-order chi connectivity index (χ0) is 15.5. The number of hydrogen-bond acceptors (Lipinski definition) is 0.